The first-order valence-corrected chi connectivity index (χ1v) is 11.4. The lowest BCUT2D eigenvalue weighted by molar-refractivity contribution is 0.0627. The number of nitrogens with zero attached hydrogens (tertiary/aromatic N) is 3. The number of para-hydroxylation sites is 1. The average molecular weight is 466 g/mol. The Morgan fingerprint density at radius 3 is 2.18 bits per heavy atom. The van der Waals surface area contributed by atoms with E-state index < -0.39 is 0 Å². The van der Waals surface area contributed by atoms with Gasteiger partial charge in [0.05, 0.1) is 21.3 Å². The molecular formula is C26H31N3O5. The lowest BCUT2D eigenvalue weighted by Crippen LogP contribution is -2.49. The van der Waals surface area contributed by atoms with Crippen LogP contribution in [0.4, 0.5) is 0 Å². The standard InChI is InChI=1S/C26H31N3O5/c1-27-17-20(19-7-5-6-8-21(19)27)22(30)9-10-28-11-13-29(14-12-28)26(31)18-15-23(32-2)25(34-4)24(16-18)33-3/h5-8,15-17H,9-14H2,1-4H3. The van der Waals surface area contributed by atoms with Crippen LogP contribution in [0.25, 0.3) is 10.9 Å². The Bertz CT molecular complexity index is 1170. The number of ketones is 1. The molecule has 2 heterocycles. The van der Waals surface area contributed by atoms with Crippen LogP contribution in [-0.4, -0.2) is 80.1 Å². The number of fused-ring (bicyclic) bond motifs is 1. The molecule has 1 aliphatic rings. The molecule has 1 fully saturated rings. The maximum Gasteiger partial charge on any atom is 0.254 e. The van der Waals surface area contributed by atoms with Crippen LogP contribution in [0.2, 0.25) is 0 Å². The summed E-state index contributed by atoms with van der Waals surface area (Å²) in [5.74, 6) is 1.44. The number of benzene rings is 2. The van der Waals surface area contributed by atoms with Gasteiger partial charge in [0.25, 0.3) is 5.91 Å². The number of piperazine rings is 1. The Kier molecular flexibility index (Phi) is 7.07. The summed E-state index contributed by atoms with van der Waals surface area (Å²) in [7, 11) is 6.56. The first-order valence-electron chi connectivity index (χ1n) is 11.4. The fraction of sp³-hybridized carbons (Fsp3) is 0.385. The molecule has 0 aliphatic carbocycles. The van der Waals surface area contributed by atoms with Gasteiger partial charge in [0.1, 0.15) is 0 Å². The first-order chi connectivity index (χ1) is 16.5. The lowest BCUT2D eigenvalue weighted by Gasteiger charge is -2.34. The number of ether oxygens (including phenoxy) is 3. The van der Waals surface area contributed by atoms with Crippen LogP contribution in [0.3, 0.4) is 0 Å². The van der Waals surface area contributed by atoms with Crippen LogP contribution in [0, 0.1) is 0 Å². The van der Waals surface area contributed by atoms with Crippen molar-refractivity contribution in [1.29, 1.82) is 0 Å². The van der Waals surface area contributed by atoms with Crippen molar-refractivity contribution in [3.63, 3.8) is 0 Å². The van der Waals surface area contributed by atoms with Crippen molar-refractivity contribution in [3.05, 3.63) is 53.7 Å². The Hall–Kier alpha value is -3.52. The van der Waals surface area contributed by atoms with E-state index in [0.717, 1.165) is 29.6 Å². The molecule has 4 rings (SSSR count). The maximum atomic E-state index is 13.1. The van der Waals surface area contributed by atoms with Gasteiger partial charge in [0, 0.05) is 74.4 Å². The second-order valence-electron chi connectivity index (χ2n) is 8.39. The van der Waals surface area contributed by atoms with E-state index in [4.69, 9.17) is 14.2 Å². The summed E-state index contributed by atoms with van der Waals surface area (Å²) < 4.78 is 18.1. The van der Waals surface area contributed by atoms with Crippen molar-refractivity contribution in [1.82, 2.24) is 14.4 Å². The van der Waals surface area contributed by atoms with Gasteiger partial charge in [-0.15, -0.1) is 0 Å². The average Bonchev–Trinajstić information content (AvgIpc) is 3.22. The minimum absolute atomic E-state index is 0.0780. The first kappa shape index (κ1) is 23.6. The third kappa shape index (κ3) is 4.59. The highest BCUT2D eigenvalue weighted by Crippen LogP contribution is 2.38. The predicted molar refractivity (Wildman–Crippen MR) is 130 cm³/mol. The molecule has 2 aromatic carbocycles. The van der Waals surface area contributed by atoms with Crippen LogP contribution in [0.1, 0.15) is 27.1 Å². The van der Waals surface area contributed by atoms with Gasteiger partial charge in [-0.3, -0.25) is 14.5 Å². The molecule has 0 spiro atoms. The number of methoxy groups -OCH3 is 3. The van der Waals surface area contributed by atoms with E-state index in [0.29, 0.717) is 48.9 Å². The second kappa shape index (κ2) is 10.2. The molecule has 1 saturated heterocycles. The molecule has 0 N–H and O–H groups in total. The van der Waals surface area contributed by atoms with Crippen molar-refractivity contribution in [3.8, 4) is 17.2 Å². The van der Waals surface area contributed by atoms with E-state index in [2.05, 4.69) is 4.90 Å². The molecule has 3 aromatic rings. The molecule has 0 bridgehead atoms. The molecular weight excluding hydrogens is 434 g/mol. The summed E-state index contributed by atoms with van der Waals surface area (Å²) >= 11 is 0. The third-order valence-electron chi connectivity index (χ3n) is 6.42. The maximum absolute atomic E-state index is 13.1. The number of aryl methyl sites for hydroxylation is 1. The topological polar surface area (TPSA) is 73.2 Å². The second-order valence-corrected chi connectivity index (χ2v) is 8.39. The molecule has 1 aromatic heterocycles. The smallest absolute Gasteiger partial charge is 0.254 e. The van der Waals surface area contributed by atoms with Crippen molar-refractivity contribution >= 4 is 22.6 Å². The van der Waals surface area contributed by atoms with Gasteiger partial charge >= 0.3 is 0 Å². The Morgan fingerprint density at radius 1 is 0.912 bits per heavy atom. The van der Waals surface area contributed by atoms with E-state index in [1.165, 1.54) is 21.3 Å². The lowest BCUT2D eigenvalue weighted by atomic mass is 10.1. The molecule has 0 atom stereocenters. The quantitative estimate of drug-likeness (QED) is 0.476. The molecule has 0 unspecified atom stereocenters. The summed E-state index contributed by atoms with van der Waals surface area (Å²) in [6.45, 7) is 3.31. The molecule has 8 nitrogen and oxygen atoms in total. The van der Waals surface area contributed by atoms with E-state index in [9.17, 15) is 9.59 Å². The summed E-state index contributed by atoms with van der Waals surface area (Å²) in [5, 5.41) is 0.996. The number of amides is 1. The highest BCUT2D eigenvalue weighted by atomic mass is 16.5. The van der Waals surface area contributed by atoms with Crippen molar-refractivity contribution in [2.45, 2.75) is 6.42 Å². The highest BCUT2D eigenvalue weighted by Gasteiger charge is 2.25. The minimum Gasteiger partial charge on any atom is -0.493 e. The molecule has 0 radical (unpaired) electrons. The number of aromatic nitrogens is 1. The molecule has 1 amide bonds. The van der Waals surface area contributed by atoms with E-state index in [1.54, 1.807) is 12.1 Å². The third-order valence-corrected chi connectivity index (χ3v) is 6.42. The SMILES string of the molecule is COc1cc(C(=O)N2CCN(CCC(=O)c3cn(C)c4ccccc34)CC2)cc(OC)c1OC. The minimum atomic E-state index is -0.0780. The summed E-state index contributed by atoms with van der Waals surface area (Å²) in [6.07, 6.45) is 2.37. The zero-order valence-electron chi connectivity index (χ0n) is 20.2. The van der Waals surface area contributed by atoms with Gasteiger partial charge in [-0.05, 0) is 18.2 Å². The van der Waals surface area contributed by atoms with Crippen LogP contribution >= 0.6 is 0 Å². The molecule has 8 heteroatoms. The fourth-order valence-corrected chi connectivity index (χ4v) is 4.52. The molecule has 1 aliphatic heterocycles. The van der Waals surface area contributed by atoms with Crippen molar-refractivity contribution in [2.24, 2.45) is 7.05 Å². The molecule has 0 saturated carbocycles. The normalized spacial score (nSPS) is 14.3. The monoisotopic (exact) mass is 465 g/mol. The zero-order valence-corrected chi connectivity index (χ0v) is 20.2. The van der Waals surface area contributed by atoms with E-state index in [-0.39, 0.29) is 11.7 Å². The zero-order chi connectivity index (χ0) is 24.2. The number of Topliss-reactive ketones (excluding diaryl/α,β-unsaturated/α-hetero) is 1. The Balaban J connectivity index is 1.35. The van der Waals surface area contributed by atoms with Gasteiger partial charge < -0.3 is 23.7 Å². The Morgan fingerprint density at radius 2 is 1.56 bits per heavy atom. The predicted octanol–water partition coefficient (Wildman–Crippen LogP) is 3.23. The van der Waals surface area contributed by atoms with Crippen LogP contribution in [0.5, 0.6) is 17.2 Å². The number of carbonyl (C=O) groups excluding carboxylic acids is 2. The summed E-state index contributed by atoms with van der Waals surface area (Å²) in [4.78, 5) is 30.1. The van der Waals surface area contributed by atoms with Crippen molar-refractivity contribution < 1.29 is 23.8 Å². The van der Waals surface area contributed by atoms with Crippen LogP contribution < -0.4 is 14.2 Å². The van der Waals surface area contributed by atoms with Crippen LogP contribution in [0.15, 0.2) is 42.6 Å². The summed E-state index contributed by atoms with van der Waals surface area (Å²) in [5.41, 5.74) is 2.33. The fourth-order valence-electron chi connectivity index (χ4n) is 4.52. The van der Waals surface area contributed by atoms with E-state index >= 15 is 0 Å². The summed E-state index contributed by atoms with van der Waals surface area (Å²) in [6, 6.07) is 11.3. The number of hydrogen-bond donors (Lipinski definition) is 0. The molecule has 34 heavy (non-hydrogen) atoms. The van der Waals surface area contributed by atoms with Gasteiger partial charge in [-0.25, -0.2) is 0 Å². The van der Waals surface area contributed by atoms with E-state index in [1.807, 2.05) is 47.0 Å². The highest BCUT2D eigenvalue weighted by molar-refractivity contribution is 6.08. The van der Waals surface area contributed by atoms with Gasteiger partial charge in [0.2, 0.25) is 5.75 Å². The number of rotatable bonds is 8. The number of carbonyl (C=O) groups is 2. The Labute approximate surface area is 199 Å². The number of hydrogen-bond acceptors (Lipinski definition) is 6. The largest absolute Gasteiger partial charge is 0.493 e. The van der Waals surface area contributed by atoms with Crippen LogP contribution in [-0.2, 0) is 7.05 Å². The van der Waals surface area contributed by atoms with Gasteiger partial charge in [-0.2, -0.15) is 0 Å². The van der Waals surface area contributed by atoms with Crippen molar-refractivity contribution in [2.75, 3.05) is 54.1 Å². The van der Waals surface area contributed by atoms with Gasteiger partial charge in [0.15, 0.2) is 17.3 Å². The molecule has 180 valence electrons. The van der Waals surface area contributed by atoms with Gasteiger partial charge in [-0.1, -0.05) is 18.2 Å².